The minimum atomic E-state index is -0.819. The van der Waals surface area contributed by atoms with E-state index in [2.05, 4.69) is 11.8 Å². The number of amides is 1. The van der Waals surface area contributed by atoms with Crippen LogP contribution in [-0.4, -0.2) is 10.8 Å². The van der Waals surface area contributed by atoms with Gasteiger partial charge in [-0.3, -0.25) is 14.9 Å². The predicted molar refractivity (Wildman–Crippen MR) is 53.6 cm³/mol. The van der Waals surface area contributed by atoms with Gasteiger partial charge in [-0.15, -0.1) is 0 Å². The van der Waals surface area contributed by atoms with Gasteiger partial charge in [-0.1, -0.05) is 5.92 Å². The first-order valence-electron chi connectivity index (χ1n) is 3.86. The van der Waals surface area contributed by atoms with Crippen LogP contribution in [0.5, 0.6) is 0 Å². The molecular weight excluding hydrogens is 198 g/mol. The number of non-ortho nitro benzene ring substituents is 1. The molecule has 0 unspecified atom stereocenters. The second-order valence-electron chi connectivity index (χ2n) is 2.64. The molecule has 15 heavy (non-hydrogen) atoms. The first-order valence-corrected chi connectivity index (χ1v) is 3.86. The van der Waals surface area contributed by atoms with Crippen LogP contribution in [0.4, 0.5) is 11.4 Å². The molecule has 0 fully saturated rings. The Kier molecular flexibility index (Phi) is 2.88. The number of nitrogen functional groups attached to an aromatic ring is 1. The van der Waals surface area contributed by atoms with Gasteiger partial charge >= 0.3 is 0 Å². The van der Waals surface area contributed by atoms with Crippen LogP contribution in [0.1, 0.15) is 5.56 Å². The van der Waals surface area contributed by atoms with Crippen LogP contribution in [0.2, 0.25) is 0 Å². The first kappa shape index (κ1) is 10.5. The minimum Gasteiger partial charge on any atom is -0.398 e. The zero-order chi connectivity index (χ0) is 11.4. The highest BCUT2D eigenvalue weighted by Crippen LogP contribution is 2.18. The average molecular weight is 205 g/mol. The highest BCUT2D eigenvalue weighted by Gasteiger charge is 2.07. The summed E-state index contributed by atoms with van der Waals surface area (Å²) in [6.45, 7) is 0. The van der Waals surface area contributed by atoms with Crippen molar-refractivity contribution >= 4 is 17.3 Å². The van der Waals surface area contributed by atoms with Gasteiger partial charge in [-0.25, -0.2) is 0 Å². The molecule has 0 aromatic heterocycles. The van der Waals surface area contributed by atoms with E-state index in [1.165, 1.54) is 18.2 Å². The molecule has 0 aliphatic heterocycles. The molecule has 1 amide bonds. The summed E-state index contributed by atoms with van der Waals surface area (Å²) in [7, 11) is 0. The molecule has 0 bridgehead atoms. The van der Waals surface area contributed by atoms with Crippen molar-refractivity contribution < 1.29 is 9.72 Å². The predicted octanol–water partition coefficient (Wildman–Crippen LogP) is 0.0138. The number of hydrogen-bond acceptors (Lipinski definition) is 4. The molecule has 6 heteroatoms. The van der Waals surface area contributed by atoms with Crippen molar-refractivity contribution in [3.63, 3.8) is 0 Å². The number of benzene rings is 1. The van der Waals surface area contributed by atoms with Crippen LogP contribution in [0.25, 0.3) is 0 Å². The lowest BCUT2D eigenvalue weighted by molar-refractivity contribution is -0.384. The van der Waals surface area contributed by atoms with Gasteiger partial charge in [0.05, 0.1) is 10.5 Å². The van der Waals surface area contributed by atoms with Crippen LogP contribution >= 0.6 is 0 Å². The molecule has 4 N–H and O–H groups in total. The Morgan fingerprint density at radius 1 is 1.47 bits per heavy atom. The lowest BCUT2D eigenvalue weighted by Crippen LogP contribution is -2.06. The Morgan fingerprint density at radius 2 is 2.13 bits per heavy atom. The molecule has 0 saturated heterocycles. The SMILES string of the molecule is NC(=O)C#Cc1cc([N+](=O)[O-])ccc1N. The monoisotopic (exact) mass is 205 g/mol. The van der Waals surface area contributed by atoms with E-state index >= 15 is 0 Å². The fraction of sp³-hybridized carbons (Fsp3) is 0. The van der Waals surface area contributed by atoms with Crippen molar-refractivity contribution in [2.24, 2.45) is 5.73 Å². The van der Waals surface area contributed by atoms with Crippen molar-refractivity contribution in [1.82, 2.24) is 0 Å². The van der Waals surface area contributed by atoms with Crippen molar-refractivity contribution in [2.45, 2.75) is 0 Å². The van der Waals surface area contributed by atoms with E-state index in [0.717, 1.165) is 0 Å². The lowest BCUT2D eigenvalue weighted by atomic mass is 10.1. The quantitative estimate of drug-likeness (QED) is 0.291. The van der Waals surface area contributed by atoms with Crippen molar-refractivity contribution in [3.8, 4) is 11.8 Å². The lowest BCUT2D eigenvalue weighted by Gasteiger charge is -1.97. The maximum Gasteiger partial charge on any atom is 0.293 e. The third-order valence-corrected chi connectivity index (χ3v) is 1.57. The van der Waals surface area contributed by atoms with Crippen molar-refractivity contribution in [3.05, 3.63) is 33.9 Å². The van der Waals surface area contributed by atoms with E-state index in [-0.39, 0.29) is 16.9 Å². The zero-order valence-electron chi connectivity index (χ0n) is 7.56. The van der Waals surface area contributed by atoms with E-state index in [1.54, 1.807) is 0 Å². The summed E-state index contributed by atoms with van der Waals surface area (Å²) >= 11 is 0. The van der Waals surface area contributed by atoms with E-state index in [9.17, 15) is 14.9 Å². The molecule has 0 atom stereocenters. The number of nitrogens with two attached hydrogens (primary N) is 2. The van der Waals surface area contributed by atoms with Crippen LogP contribution in [0.3, 0.4) is 0 Å². The number of nitro groups is 1. The number of nitrogens with zero attached hydrogens (tertiary/aromatic N) is 1. The summed E-state index contributed by atoms with van der Waals surface area (Å²) in [6.07, 6.45) is 0. The van der Waals surface area contributed by atoms with Crippen molar-refractivity contribution in [1.29, 1.82) is 0 Å². The summed E-state index contributed by atoms with van der Waals surface area (Å²) in [4.78, 5) is 20.2. The molecule has 1 rings (SSSR count). The third kappa shape index (κ3) is 2.70. The third-order valence-electron chi connectivity index (χ3n) is 1.57. The van der Waals surface area contributed by atoms with Gasteiger partial charge in [-0.2, -0.15) is 0 Å². The topological polar surface area (TPSA) is 112 Å². The van der Waals surface area contributed by atoms with Gasteiger partial charge in [0.15, 0.2) is 0 Å². The Balaban J connectivity index is 3.18. The second kappa shape index (κ2) is 4.11. The molecule has 0 saturated carbocycles. The van der Waals surface area contributed by atoms with Crippen LogP contribution < -0.4 is 11.5 Å². The van der Waals surface area contributed by atoms with Gasteiger partial charge in [0.1, 0.15) is 0 Å². The Hall–Kier alpha value is -2.55. The molecule has 0 heterocycles. The maximum atomic E-state index is 10.4. The Bertz CT molecular complexity index is 485. The van der Waals surface area contributed by atoms with E-state index in [4.69, 9.17) is 11.5 Å². The molecule has 0 radical (unpaired) electrons. The molecule has 0 spiro atoms. The van der Waals surface area contributed by atoms with Gasteiger partial charge in [0.25, 0.3) is 11.6 Å². The number of nitro benzene ring substituents is 1. The Labute approximate surface area is 85.0 Å². The molecule has 76 valence electrons. The van der Waals surface area contributed by atoms with Crippen molar-refractivity contribution in [2.75, 3.05) is 5.73 Å². The number of primary amides is 1. The van der Waals surface area contributed by atoms with E-state index in [0.29, 0.717) is 0 Å². The summed E-state index contributed by atoms with van der Waals surface area (Å²) < 4.78 is 0. The standard InChI is InChI=1S/C9H7N3O3/c10-8-3-2-7(12(14)15)5-6(8)1-4-9(11)13/h2-3,5H,10H2,(H2,11,13). The number of anilines is 1. The average Bonchev–Trinajstić information content (AvgIpc) is 2.16. The number of rotatable bonds is 1. The largest absolute Gasteiger partial charge is 0.398 e. The number of carbonyl (C=O) groups is 1. The summed E-state index contributed by atoms with van der Waals surface area (Å²) in [5, 5.41) is 10.4. The van der Waals surface area contributed by atoms with Crippen LogP contribution in [-0.2, 0) is 4.79 Å². The van der Waals surface area contributed by atoms with Crippen LogP contribution in [0.15, 0.2) is 18.2 Å². The van der Waals surface area contributed by atoms with Gasteiger partial charge in [0.2, 0.25) is 0 Å². The van der Waals surface area contributed by atoms with Crippen LogP contribution in [0, 0.1) is 22.0 Å². The Morgan fingerprint density at radius 3 is 2.67 bits per heavy atom. The fourth-order valence-electron chi connectivity index (χ4n) is 0.895. The summed E-state index contributed by atoms with van der Waals surface area (Å²) in [6, 6.07) is 3.79. The first-order chi connectivity index (χ1) is 7.00. The molecule has 1 aromatic carbocycles. The molecule has 0 aliphatic carbocycles. The highest BCUT2D eigenvalue weighted by atomic mass is 16.6. The molecule has 6 nitrogen and oxygen atoms in total. The number of carbonyl (C=O) groups excluding carboxylic acids is 1. The van der Waals surface area contributed by atoms with Gasteiger partial charge < -0.3 is 11.5 Å². The fourth-order valence-corrected chi connectivity index (χ4v) is 0.895. The second-order valence-corrected chi connectivity index (χ2v) is 2.64. The summed E-state index contributed by atoms with van der Waals surface area (Å²) in [5.74, 6) is 3.59. The number of hydrogen-bond donors (Lipinski definition) is 2. The maximum absolute atomic E-state index is 10.4. The molecule has 1 aromatic rings. The van der Waals surface area contributed by atoms with E-state index < -0.39 is 10.8 Å². The molecular formula is C9H7N3O3. The van der Waals surface area contributed by atoms with Gasteiger partial charge in [-0.05, 0) is 6.07 Å². The highest BCUT2D eigenvalue weighted by molar-refractivity contribution is 5.92. The molecule has 0 aliphatic rings. The minimum absolute atomic E-state index is 0.141. The normalized spacial score (nSPS) is 8.80. The smallest absolute Gasteiger partial charge is 0.293 e. The zero-order valence-corrected chi connectivity index (χ0v) is 7.56. The van der Waals surface area contributed by atoms with Gasteiger partial charge in [0, 0.05) is 23.7 Å². The summed E-state index contributed by atoms with van der Waals surface area (Å²) in [5.41, 5.74) is 10.6. The van der Waals surface area contributed by atoms with E-state index in [1.807, 2.05) is 0 Å².